The van der Waals surface area contributed by atoms with Gasteiger partial charge >= 0.3 is 65.3 Å². The van der Waals surface area contributed by atoms with Crippen molar-refractivity contribution < 1.29 is 87.9 Å². The van der Waals surface area contributed by atoms with Crippen molar-refractivity contribution in [1.29, 1.82) is 0 Å². The molecule has 48 valence electrons. The van der Waals surface area contributed by atoms with Gasteiger partial charge in [-0.3, -0.25) is 0 Å². The van der Waals surface area contributed by atoms with Gasteiger partial charge in [0, 0.05) is 0 Å². The van der Waals surface area contributed by atoms with E-state index >= 15 is 0 Å². The molecule has 0 heterocycles. The van der Waals surface area contributed by atoms with E-state index in [4.69, 9.17) is 5.11 Å². The normalized spacial score (nSPS) is 8.60. The summed E-state index contributed by atoms with van der Waals surface area (Å²) < 4.78 is 12.1. The zero-order valence-corrected chi connectivity index (χ0v) is 10.3. The van der Waals surface area contributed by atoms with E-state index in [2.05, 4.69) is 4.52 Å². The third-order valence-corrected chi connectivity index (χ3v) is 0.570. The Bertz CT molecular complexity index is 139. The minimum absolute atomic E-state index is 0. The topological polar surface area (TPSA) is 110 Å². The van der Waals surface area contributed by atoms with Crippen LogP contribution < -0.4 is 68.9 Å². The van der Waals surface area contributed by atoms with Crippen LogP contribution in [0, 0.1) is 0 Å². The number of phosphoric acid groups is 1. The molecule has 0 aromatic rings. The molecule has 0 spiro atoms. The molecule has 0 radical (unpaired) electrons. The Balaban J connectivity index is -0.000000245. The molecular weight excluding hydrogens is 185 g/mol. The molecule has 0 fully saturated rings. The van der Waals surface area contributed by atoms with Gasteiger partial charge in [-0.15, -0.1) is 0 Å². The summed E-state index contributed by atoms with van der Waals surface area (Å²) in [7, 11) is -5.32. The second-order valence-electron chi connectivity index (χ2n) is 0.804. The van der Waals surface area contributed by atoms with Gasteiger partial charge in [0.2, 0.25) is 0 Å². The first kappa shape index (κ1) is 17.5. The van der Waals surface area contributed by atoms with Gasteiger partial charge in [-0.05, 0) is 0 Å². The van der Waals surface area contributed by atoms with E-state index < -0.39 is 14.0 Å². The van der Waals surface area contributed by atoms with E-state index in [1.807, 2.05) is 0 Å². The van der Waals surface area contributed by atoms with Gasteiger partial charge < -0.3 is 24.0 Å². The molecule has 1 N–H and O–H groups in total. The van der Waals surface area contributed by atoms with Gasteiger partial charge in [0.25, 0.3) is 0 Å². The zero-order chi connectivity index (χ0) is 6.78. The smallest absolute Gasteiger partial charge is 0.780 e. The number of carboxylic acid groups (broad SMARTS) is 1. The fourth-order valence-corrected chi connectivity index (χ4v) is 0.287. The van der Waals surface area contributed by atoms with Gasteiger partial charge in [0.1, 0.15) is 7.82 Å². The van der Waals surface area contributed by atoms with Crippen LogP contribution in [0.3, 0.4) is 0 Å². The molecule has 0 unspecified atom stereocenters. The fourth-order valence-electron chi connectivity index (χ4n) is 0.0956. The molecule has 6 nitrogen and oxygen atoms in total. The molecule has 0 aliphatic carbocycles. The average molecular weight is 186 g/mol. The van der Waals surface area contributed by atoms with Crippen molar-refractivity contribution in [2.75, 3.05) is 0 Å². The van der Waals surface area contributed by atoms with Crippen LogP contribution in [0.2, 0.25) is 0 Å². The number of carbonyl (C=O) groups is 1. The molecule has 0 atom stereocenters. The van der Waals surface area contributed by atoms with Crippen LogP contribution in [0.1, 0.15) is 0 Å². The molecule has 0 saturated heterocycles. The Labute approximate surface area is 101 Å². The van der Waals surface area contributed by atoms with Crippen molar-refractivity contribution in [2.45, 2.75) is 0 Å². The second kappa shape index (κ2) is 7.09. The van der Waals surface area contributed by atoms with E-state index in [1.165, 1.54) is 0 Å². The number of hydrogen-bond acceptors (Lipinski definition) is 5. The van der Waals surface area contributed by atoms with E-state index in [0.717, 1.165) is 0 Å². The Hall–Kier alpha value is 1.42. The molecule has 0 aliphatic rings. The minimum Gasteiger partial charge on any atom is -0.780 e. The van der Waals surface area contributed by atoms with Gasteiger partial charge in [-0.2, -0.15) is 0 Å². The minimum atomic E-state index is -5.32. The molecule has 0 aromatic heterocycles. The number of rotatable bonds is 1. The maximum Gasteiger partial charge on any atom is 1.00 e. The van der Waals surface area contributed by atoms with Gasteiger partial charge in [0.05, 0.1) is 0 Å². The van der Waals surface area contributed by atoms with Gasteiger partial charge in [-0.25, -0.2) is 4.79 Å². The number of hydrogen-bond donors (Lipinski definition) is 1. The van der Waals surface area contributed by atoms with Crippen LogP contribution in [0.4, 0.5) is 4.79 Å². The van der Waals surface area contributed by atoms with Crippen LogP contribution in [0.25, 0.3) is 0 Å². The zero-order valence-electron chi connectivity index (χ0n) is 5.44. The monoisotopic (exact) mass is 186 g/mol. The third-order valence-electron chi connectivity index (χ3n) is 0.190. The molecule has 0 rings (SSSR count). The predicted octanol–water partition coefficient (Wildman–Crippen LogP) is -7.48. The molecule has 0 aromatic carbocycles. The molecule has 9 heteroatoms. The maximum absolute atomic E-state index is 9.31. The standard InChI is InChI=1S/CH3O6P.2Na/c2-1(3)7-8(4,5)6;;/h(H,2,3)(H2,4,5,6);;/q;2*+1/p-2. The molecule has 0 saturated carbocycles. The Morgan fingerprint density at radius 3 is 1.70 bits per heavy atom. The fraction of sp³-hybridized carbons (Fsp3) is 0. The summed E-state index contributed by atoms with van der Waals surface area (Å²) in [5.74, 6) is 0. The Morgan fingerprint density at radius 1 is 1.40 bits per heavy atom. The van der Waals surface area contributed by atoms with Crippen LogP contribution in [-0.2, 0) is 9.09 Å². The van der Waals surface area contributed by atoms with Crippen molar-refractivity contribution in [3.8, 4) is 0 Å². The first-order valence-corrected chi connectivity index (χ1v) is 2.82. The van der Waals surface area contributed by atoms with Crippen LogP contribution in [0.15, 0.2) is 0 Å². The molecular formula is CHNa2O6P. The summed E-state index contributed by atoms with van der Waals surface area (Å²) >= 11 is 0. The summed E-state index contributed by atoms with van der Waals surface area (Å²) in [6, 6.07) is 0. The molecule has 0 bridgehead atoms. The summed E-state index contributed by atoms with van der Waals surface area (Å²) in [6.45, 7) is 0. The van der Waals surface area contributed by atoms with Crippen LogP contribution in [-0.4, -0.2) is 11.3 Å². The van der Waals surface area contributed by atoms with Crippen molar-refractivity contribution >= 4 is 14.0 Å². The van der Waals surface area contributed by atoms with E-state index in [9.17, 15) is 19.1 Å². The van der Waals surface area contributed by atoms with Crippen LogP contribution >= 0.6 is 7.82 Å². The summed E-state index contributed by atoms with van der Waals surface area (Å²) in [4.78, 5) is 27.8. The first-order chi connectivity index (χ1) is 3.42. The molecule has 0 aliphatic heterocycles. The molecule has 0 amide bonds. The van der Waals surface area contributed by atoms with Gasteiger partial charge in [-0.1, -0.05) is 0 Å². The summed E-state index contributed by atoms with van der Waals surface area (Å²) in [5.41, 5.74) is 0. The summed E-state index contributed by atoms with van der Waals surface area (Å²) in [6.07, 6.45) is -2.11. The quantitative estimate of drug-likeness (QED) is 0.321. The maximum atomic E-state index is 9.31. The Morgan fingerprint density at radius 2 is 1.70 bits per heavy atom. The molecule has 10 heavy (non-hydrogen) atoms. The predicted molar refractivity (Wildman–Crippen MR) is 16.7 cm³/mol. The first-order valence-electron chi connectivity index (χ1n) is 1.36. The van der Waals surface area contributed by atoms with Crippen molar-refractivity contribution in [3.05, 3.63) is 0 Å². The van der Waals surface area contributed by atoms with E-state index in [0.29, 0.717) is 0 Å². The number of phosphoric ester groups is 1. The van der Waals surface area contributed by atoms with Crippen molar-refractivity contribution in [1.82, 2.24) is 0 Å². The van der Waals surface area contributed by atoms with E-state index in [-0.39, 0.29) is 59.1 Å². The van der Waals surface area contributed by atoms with Crippen molar-refractivity contribution in [2.24, 2.45) is 0 Å². The SMILES string of the molecule is O=C(O)OP(=O)([O-])[O-].[Na+].[Na+]. The van der Waals surface area contributed by atoms with Crippen LogP contribution in [0.5, 0.6) is 0 Å². The average Bonchev–Trinajstić information content (AvgIpc) is 1.21. The van der Waals surface area contributed by atoms with E-state index in [1.54, 1.807) is 0 Å². The second-order valence-corrected chi connectivity index (χ2v) is 1.88. The largest absolute Gasteiger partial charge is 1.00 e. The Kier molecular flexibility index (Phi) is 12.4. The van der Waals surface area contributed by atoms with Gasteiger partial charge in [0.15, 0.2) is 0 Å². The summed E-state index contributed by atoms with van der Waals surface area (Å²) in [5, 5.41) is 7.45. The van der Waals surface area contributed by atoms with Crippen molar-refractivity contribution in [3.63, 3.8) is 0 Å². The third kappa shape index (κ3) is 16.2.